The van der Waals surface area contributed by atoms with E-state index in [4.69, 9.17) is 9.47 Å². The fraction of sp³-hybridized carbons (Fsp3) is 0.905. The van der Waals surface area contributed by atoms with Crippen molar-refractivity contribution in [2.75, 3.05) is 7.11 Å². The lowest BCUT2D eigenvalue weighted by atomic mass is 9.45. The molecule has 1 saturated heterocycles. The number of carbonyl (C=O) groups excluding carboxylic acids is 2. The predicted octanol–water partition coefficient (Wildman–Crippen LogP) is 3.08. The summed E-state index contributed by atoms with van der Waals surface area (Å²) in [6, 6.07) is 0. The zero-order valence-electron chi connectivity index (χ0n) is 16.6. The van der Waals surface area contributed by atoms with E-state index in [0.29, 0.717) is 12.8 Å². The Labute approximate surface area is 155 Å². The van der Waals surface area contributed by atoms with Crippen molar-refractivity contribution in [3.63, 3.8) is 0 Å². The quantitative estimate of drug-likeness (QED) is 0.762. The second-order valence-electron chi connectivity index (χ2n) is 10.1. The average Bonchev–Trinajstić information content (AvgIpc) is 2.97. The minimum absolute atomic E-state index is 0.0348. The van der Waals surface area contributed by atoms with Crippen molar-refractivity contribution in [3.8, 4) is 0 Å². The highest BCUT2D eigenvalue weighted by molar-refractivity contribution is 5.83. The van der Waals surface area contributed by atoms with Crippen molar-refractivity contribution >= 4 is 11.9 Å². The first kappa shape index (κ1) is 18.3. The third-order valence-corrected chi connectivity index (χ3v) is 9.02. The van der Waals surface area contributed by atoms with Crippen LogP contribution in [0.3, 0.4) is 0 Å². The van der Waals surface area contributed by atoms with E-state index in [0.717, 1.165) is 25.7 Å². The number of aliphatic hydroxyl groups is 1. The van der Waals surface area contributed by atoms with Crippen LogP contribution in [0, 0.1) is 34.0 Å². The van der Waals surface area contributed by atoms with E-state index in [9.17, 15) is 14.7 Å². The molecule has 4 fully saturated rings. The number of ether oxygens (including phenoxy) is 2. The van der Waals surface area contributed by atoms with Crippen LogP contribution in [0.2, 0.25) is 0 Å². The summed E-state index contributed by atoms with van der Waals surface area (Å²) >= 11 is 0. The van der Waals surface area contributed by atoms with Crippen molar-refractivity contribution in [1.29, 1.82) is 0 Å². The van der Waals surface area contributed by atoms with Gasteiger partial charge < -0.3 is 14.6 Å². The first-order valence-electron chi connectivity index (χ1n) is 10.1. The van der Waals surface area contributed by atoms with E-state index < -0.39 is 22.5 Å². The molecule has 0 amide bonds. The van der Waals surface area contributed by atoms with Crippen LogP contribution in [-0.2, 0) is 19.1 Å². The Hall–Kier alpha value is -1.10. The number of methoxy groups -OCH3 is 1. The maximum atomic E-state index is 12.7. The maximum absolute atomic E-state index is 12.7. The Morgan fingerprint density at radius 2 is 1.92 bits per heavy atom. The zero-order chi connectivity index (χ0) is 19.1. The van der Waals surface area contributed by atoms with E-state index in [1.807, 2.05) is 20.8 Å². The van der Waals surface area contributed by atoms with Gasteiger partial charge in [-0.2, -0.15) is 0 Å². The fourth-order valence-corrected chi connectivity index (χ4v) is 7.60. The van der Waals surface area contributed by atoms with Crippen LogP contribution in [0.5, 0.6) is 0 Å². The Morgan fingerprint density at radius 3 is 2.54 bits per heavy atom. The van der Waals surface area contributed by atoms with Gasteiger partial charge in [-0.05, 0) is 56.3 Å². The van der Waals surface area contributed by atoms with Crippen LogP contribution in [0.1, 0.15) is 66.2 Å². The molecule has 0 aromatic carbocycles. The molecule has 1 heterocycles. The lowest BCUT2D eigenvalue weighted by Crippen LogP contribution is -2.61. The molecule has 0 unspecified atom stereocenters. The lowest BCUT2D eigenvalue weighted by Gasteiger charge is -2.60. The van der Waals surface area contributed by atoms with Crippen molar-refractivity contribution in [3.05, 3.63) is 0 Å². The summed E-state index contributed by atoms with van der Waals surface area (Å²) in [5.74, 6) is -0.00415. The number of aliphatic hydroxyl groups excluding tert-OH is 1. The highest BCUT2D eigenvalue weighted by atomic mass is 16.6. The van der Waals surface area contributed by atoms with Gasteiger partial charge in [-0.25, -0.2) is 0 Å². The largest absolute Gasteiger partial charge is 0.469 e. The van der Waals surface area contributed by atoms with Gasteiger partial charge >= 0.3 is 11.9 Å². The summed E-state index contributed by atoms with van der Waals surface area (Å²) in [7, 11) is 1.47. The zero-order valence-corrected chi connectivity index (χ0v) is 16.6. The summed E-state index contributed by atoms with van der Waals surface area (Å²) < 4.78 is 11.2. The van der Waals surface area contributed by atoms with Crippen LogP contribution < -0.4 is 0 Å². The molecule has 0 aromatic rings. The molecule has 3 saturated carbocycles. The second-order valence-corrected chi connectivity index (χ2v) is 10.1. The van der Waals surface area contributed by atoms with Crippen LogP contribution in [-0.4, -0.2) is 35.9 Å². The van der Waals surface area contributed by atoms with E-state index >= 15 is 0 Å². The molecule has 0 radical (unpaired) electrons. The molecule has 7 atom stereocenters. The number of carbonyl (C=O) groups is 2. The van der Waals surface area contributed by atoms with Gasteiger partial charge in [0.1, 0.15) is 17.1 Å². The van der Waals surface area contributed by atoms with E-state index in [1.165, 1.54) is 7.11 Å². The minimum Gasteiger partial charge on any atom is -0.469 e. The number of hydrogen-bond acceptors (Lipinski definition) is 5. The summed E-state index contributed by atoms with van der Waals surface area (Å²) in [6.45, 7) is 8.34. The molecule has 146 valence electrons. The highest BCUT2D eigenvalue weighted by Gasteiger charge is 2.79. The SMILES string of the molecule is COC(=O)[C@]1(C)CCC[C@]2(C)[C@H]1CC[C@@]13OC(=O)[C@](C(C)C)(C[C@@H]21)[C@H]3O. The van der Waals surface area contributed by atoms with Crippen LogP contribution in [0.15, 0.2) is 0 Å². The van der Waals surface area contributed by atoms with Crippen LogP contribution in [0.25, 0.3) is 0 Å². The normalized spacial score (nSPS) is 52.4. The molecule has 1 N–H and O–H groups in total. The highest BCUT2D eigenvalue weighted by Crippen LogP contribution is 2.73. The Kier molecular flexibility index (Phi) is 3.68. The van der Waals surface area contributed by atoms with Crippen LogP contribution >= 0.6 is 0 Å². The Morgan fingerprint density at radius 1 is 1.23 bits per heavy atom. The van der Waals surface area contributed by atoms with Crippen LogP contribution in [0.4, 0.5) is 0 Å². The smallest absolute Gasteiger partial charge is 0.315 e. The van der Waals surface area contributed by atoms with Gasteiger partial charge in [0.2, 0.25) is 0 Å². The molecule has 5 heteroatoms. The molecule has 3 aliphatic carbocycles. The lowest BCUT2D eigenvalue weighted by molar-refractivity contribution is -0.214. The van der Waals surface area contributed by atoms with Crippen molar-refractivity contribution in [2.24, 2.45) is 34.0 Å². The Balaban J connectivity index is 1.79. The average molecular weight is 364 g/mol. The van der Waals surface area contributed by atoms with Gasteiger partial charge in [-0.1, -0.05) is 27.2 Å². The molecule has 1 aliphatic heterocycles. The summed E-state index contributed by atoms with van der Waals surface area (Å²) in [5.41, 5.74) is -2.18. The molecule has 26 heavy (non-hydrogen) atoms. The summed E-state index contributed by atoms with van der Waals surface area (Å²) in [6.07, 6.45) is 4.19. The number of fused-ring (bicyclic) bond motifs is 3. The minimum atomic E-state index is -0.790. The first-order valence-corrected chi connectivity index (χ1v) is 10.1. The topological polar surface area (TPSA) is 72.8 Å². The summed E-state index contributed by atoms with van der Waals surface area (Å²) in [5, 5.41) is 11.3. The number of hydrogen-bond donors (Lipinski definition) is 1. The second kappa shape index (κ2) is 5.24. The fourth-order valence-electron chi connectivity index (χ4n) is 7.60. The predicted molar refractivity (Wildman–Crippen MR) is 95.0 cm³/mol. The molecule has 2 bridgehead atoms. The number of rotatable bonds is 2. The van der Waals surface area contributed by atoms with E-state index in [1.54, 1.807) is 0 Å². The van der Waals surface area contributed by atoms with Gasteiger partial charge in [0.15, 0.2) is 0 Å². The number of esters is 2. The molecule has 4 rings (SSSR count). The first-order chi connectivity index (χ1) is 12.1. The van der Waals surface area contributed by atoms with Gasteiger partial charge in [-0.3, -0.25) is 9.59 Å². The molecule has 5 nitrogen and oxygen atoms in total. The molecular weight excluding hydrogens is 332 g/mol. The van der Waals surface area contributed by atoms with E-state index in [2.05, 4.69) is 6.92 Å². The standard InChI is InChI=1S/C21H32O5/c1-12(2)20-11-14-18(3)8-6-9-19(4,16(23)25-5)13(18)7-10-21(14,15(20)22)26-17(20)24/h12-15,22H,6-11H2,1-5H3/t13-,14+,15-,18-,19-,20+,21-/m1/s1. The van der Waals surface area contributed by atoms with Gasteiger partial charge in [-0.15, -0.1) is 0 Å². The van der Waals surface area contributed by atoms with Gasteiger partial charge in [0.05, 0.1) is 12.5 Å². The molecule has 0 aromatic heterocycles. The van der Waals surface area contributed by atoms with Crippen molar-refractivity contribution in [1.82, 2.24) is 0 Å². The van der Waals surface area contributed by atoms with Crippen molar-refractivity contribution < 1.29 is 24.2 Å². The molecule has 1 spiro atoms. The molecular formula is C21H32O5. The van der Waals surface area contributed by atoms with Gasteiger partial charge in [0, 0.05) is 5.92 Å². The monoisotopic (exact) mass is 364 g/mol. The Bertz CT molecular complexity index is 659. The van der Waals surface area contributed by atoms with Crippen molar-refractivity contribution in [2.45, 2.75) is 77.9 Å². The maximum Gasteiger partial charge on any atom is 0.315 e. The summed E-state index contributed by atoms with van der Waals surface area (Å²) in [4.78, 5) is 25.4. The third kappa shape index (κ3) is 1.76. The van der Waals surface area contributed by atoms with E-state index in [-0.39, 0.29) is 35.1 Å². The molecule has 4 aliphatic rings. The van der Waals surface area contributed by atoms with Gasteiger partial charge in [0.25, 0.3) is 0 Å². The third-order valence-electron chi connectivity index (χ3n) is 9.02.